The molecule has 3 aromatic rings. The smallest absolute Gasteiger partial charge is 0.251 e. The molecule has 0 bridgehead atoms. The fraction of sp³-hybridized carbons (Fsp3) is 0.240. The molecule has 5 rings (SSSR count). The molecule has 0 saturated carbocycles. The first-order valence-corrected chi connectivity index (χ1v) is 11.3. The van der Waals surface area contributed by atoms with Gasteiger partial charge in [0.2, 0.25) is 5.91 Å². The van der Waals surface area contributed by atoms with Gasteiger partial charge in [-0.1, -0.05) is 36.4 Å². The highest BCUT2D eigenvalue weighted by atomic mass is 35.5. The molecule has 9 heteroatoms. The zero-order valence-electron chi connectivity index (χ0n) is 18.4. The molecule has 3 heterocycles. The van der Waals surface area contributed by atoms with Crippen molar-refractivity contribution in [2.24, 2.45) is 0 Å². The first-order chi connectivity index (χ1) is 16.3. The van der Waals surface area contributed by atoms with Crippen molar-refractivity contribution < 1.29 is 19.1 Å². The molecule has 7 nitrogen and oxygen atoms in total. The van der Waals surface area contributed by atoms with Crippen LogP contribution in [0.4, 0.5) is 15.8 Å². The van der Waals surface area contributed by atoms with Crippen LogP contribution in [-0.2, 0) is 9.59 Å². The van der Waals surface area contributed by atoms with Crippen molar-refractivity contribution in [3.8, 4) is 16.9 Å². The second-order valence-electron chi connectivity index (χ2n) is 8.25. The third kappa shape index (κ3) is 3.28. The summed E-state index contributed by atoms with van der Waals surface area (Å²) in [6.45, 7) is 6.26. The van der Waals surface area contributed by atoms with Crippen molar-refractivity contribution in [3.63, 3.8) is 0 Å². The number of hydrogen-bond donors (Lipinski definition) is 1. The number of piperazine rings is 1. The van der Waals surface area contributed by atoms with E-state index in [2.05, 4.69) is 11.6 Å². The maximum Gasteiger partial charge on any atom is 0.251 e. The molecule has 2 aliphatic heterocycles. The van der Waals surface area contributed by atoms with Crippen molar-refractivity contribution in [2.75, 3.05) is 29.4 Å². The van der Waals surface area contributed by atoms with Crippen LogP contribution < -0.4 is 9.80 Å². The van der Waals surface area contributed by atoms with Crippen LogP contribution in [0.15, 0.2) is 55.3 Å². The fourth-order valence-electron chi connectivity index (χ4n) is 4.85. The van der Waals surface area contributed by atoms with Gasteiger partial charge in [-0.2, -0.15) is 0 Å². The number of rotatable bonds is 3. The number of amides is 2. The van der Waals surface area contributed by atoms with Crippen molar-refractivity contribution in [2.45, 2.75) is 18.5 Å². The monoisotopic (exact) mass is 480 g/mol. The van der Waals surface area contributed by atoms with Crippen molar-refractivity contribution in [3.05, 3.63) is 61.1 Å². The van der Waals surface area contributed by atoms with Crippen LogP contribution in [0.5, 0.6) is 5.75 Å². The van der Waals surface area contributed by atoms with Crippen LogP contribution in [0, 0.1) is 5.82 Å². The number of aromatic hydroxyl groups is 1. The van der Waals surface area contributed by atoms with E-state index in [0.717, 1.165) is 11.1 Å². The van der Waals surface area contributed by atoms with Crippen molar-refractivity contribution in [1.82, 2.24) is 9.88 Å². The molecule has 1 aromatic heterocycles. The molecule has 0 spiro atoms. The van der Waals surface area contributed by atoms with Crippen molar-refractivity contribution in [1.29, 1.82) is 0 Å². The Balaban J connectivity index is 1.68. The van der Waals surface area contributed by atoms with E-state index in [0.29, 0.717) is 23.3 Å². The Labute approximate surface area is 200 Å². The summed E-state index contributed by atoms with van der Waals surface area (Å²) in [6.07, 6.45) is 2.84. The second kappa shape index (κ2) is 8.29. The molecule has 0 aliphatic carbocycles. The number of anilines is 2. The quantitative estimate of drug-likeness (QED) is 0.350. The van der Waals surface area contributed by atoms with Crippen LogP contribution in [0.1, 0.15) is 6.92 Å². The number of halogens is 2. The third-order valence-corrected chi connectivity index (χ3v) is 6.75. The molecule has 2 aromatic carbocycles. The molecule has 174 valence electrons. The van der Waals surface area contributed by atoms with E-state index in [1.807, 2.05) is 11.8 Å². The number of nitrogens with zero attached hydrogens (tertiary/aromatic N) is 4. The summed E-state index contributed by atoms with van der Waals surface area (Å²) >= 11 is 6.76. The van der Waals surface area contributed by atoms with Crippen LogP contribution in [0.3, 0.4) is 0 Å². The van der Waals surface area contributed by atoms with E-state index in [9.17, 15) is 19.1 Å². The molecule has 1 saturated heterocycles. The lowest BCUT2D eigenvalue weighted by Crippen LogP contribution is -2.65. The molecule has 1 N–H and O–H groups in total. The van der Waals surface area contributed by atoms with Gasteiger partial charge in [-0.25, -0.2) is 4.39 Å². The summed E-state index contributed by atoms with van der Waals surface area (Å²) in [7, 11) is 0. The SMILES string of the molecule is C=CC(=O)N1CC(Cl)N2c3c(cnc4cc(-c5c(O)cccc5F)ccc34)N(CC)C(=O)[C@H]2C1. The van der Waals surface area contributed by atoms with Gasteiger partial charge in [-0.15, -0.1) is 0 Å². The maximum absolute atomic E-state index is 14.5. The molecule has 2 atom stereocenters. The third-order valence-electron chi connectivity index (χ3n) is 6.41. The lowest BCUT2D eigenvalue weighted by Gasteiger charge is -2.50. The average Bonchev–Trinajstić information content (AvgIpc) is 2.83. The first-order valence-electron chi connectivity index (χ1n) is 10.9. The highest BCUT2D eigenvalue weighted by Crippen LogP contribution is 2.45. The maximum atomic E-state index is 14.5. The minimum Gasteiger partial charge on any atom is -0.507 e. The molecule has 1 unspecified atom stereocenters. The summed E-state index contributed by atoms with van der Waals surface area (Å²) in [5.41, 5.74) is 1.87. The van der Waals surface area contributed by atoms with E-state index < -0.39 is 17.4 Å². The number of carbonyl (C=O) groups is 2. The molecule has 34 heavy (non-hydrogen) atoms. The lowest BCUT2D eigenvalue weighted by molar-refractivity contribution is -0.129. The number of pyridine rings is 1. The van der Waals surface area contributed by atoms with E-state index >= 15 is 0 Å². The lowest BCUT2D eigenvalue weighted by atomic mass is 9.98. The predicted molar refractivity (Wildman–Crippen MR) is 130 cm³/mol. The Kier molecular flexibility index (Phi) is 5.40. The number of phenolic OH excluding ortho intramolecular Hbond substituents is 1. The topological polar surface area (TPSA) is 77.0 Å². The fourth-order valence-corrected chi connectivity index (χ4v) is 5.25. The molecule has 2 amide bonds. The highest BCUT2D eigenvalue weighted by molar-refractivity contribution is 6.25. The number of benzene rings is 2. The predicted octanol–water partition coefficient (Wildman–Crippen LogP) is 3.88. The van der Waals surface area contributed by atoms with E-state index in [-0.39, 0.29) is 36.2 Å². The van der Waals surface area contributed by atoms with Gasteiger partial charge < -0.3 is 19.8 Å². The zero-order valence-corrected chi connectivity index (χ0v) is 19.2. The van der Waals surface area contributed by atoms with Crippen LogP contribution >= 0.6 is 11.6 Å². The number of aromatic nitrogens is 1. The highest BCUT2D eigenvalue weighted by Gasteiger charge is 2.46. The van der Waals surface area contributed by atoms with E-state index in [4.69, 9.17) is 11.6 Å². The van der Waals surface area contributed by atoms with Crippen LogP contribution in [-0.4, -0.2) is 58.0 Å². The van der Waals surface area contributed by atoms with Crippen LogP contribution in [0.2, 0.25) is 0 Å². The van der Waals surface area contributed by atoms with Gasteiger partial charge in [0.25, 0.3) is 5.91 Å². The molecule has 2 aliphatic rings. The van der Waals surface area contributed by atoms with Gasteiger partial charge in [-0.3, -0.25) is 14.6 Å². The number of carbonyl (C=O) groups excluding carboxylic acids is 2. The van der Waals surface area contributed by atoms with Gasteiger partial charge in [0.05, 0.1) is 41.7 Å². The number of hydrogen-bond acceptors (Lipinski definition) is 5. The largest absolute Gasteiger partial charge is 0.507 e. The summed E-state index contributed by atoms with van der Waals surface area (Å²) in [5, 5.41) is 11.0. The summed E-state index contributed by atoms with van der Waals surface area (Å²) in [6, 6.07) is 8.72. The Morgan fingerprint density at radius 2 is 2.12 bits per heavy atom. The standard InChI is InChI=1S/C25H22ClFN4O3/c1-3-22(33)29-12-19-25(34)30(4-2)18-11-28-17-10-14(23-16(27)6-5-7-20(23)32)8-9-15(17)24(18)31(19)21(26)13-29/h3,5-11,19,21,32H,1,4,12-13H2,2H3/t19-,21?/m1/s1. The Bertz CT molecular complexity index is 1330. The summed E-state index contributed by atoms with van der Waals surface area (Å²) in [5.74, 6) is -1.13. The van der Waals surface area contributed by atoms with E-state index in [1.165, 1.54) is 29.2 Å². The van der Waals surface area contributed by atoms with Gasteiger partial charge >= 0.3 is 0 Å². The average molecular weight is 481 g/mol. The molecular formula is C25H22ClFN4O3. The molecular weight excluding hydrogens is 459 g/mol. The van der Waals surface area contributed by atoms with Gasteiger partial charge in [0.15, 0.2) is 0 Å². The first kappa shape index (κ1) is 22.2. The minimum atomic E-state index is -0.659. The molecule has 0 radical (unpaired) electrons. The number of alkyl halides is 1. The summed E-state index contributed by atoms with van der Waals surface area (Å²) < 4.78 is 14.5. The number of phenols is 1. The van der Waals surface area contributed by atoms with Crippen molar-refractivity contribution >= 4 is 45.7 Å². The minimum absolute atomic E-state index is 0.0962. The Morgan fingerprint density at radius 1 is 1.32 bits per heavy atom. The number of fused-ring (bicyclic) bond motifs is 5. The Hall–Kier alpha value is -3.65. The van der Waals surface area contributed by atoms with Gasteiger partial charge in [0.1, 0.15) is 23.1 Å². The number of likely N-dealkylation sites (N-methyl/N-ethyl adjacent to an activating group) is 1. The zero-order chi connectivity index (χ0) is 24.1. The molecule has 1 fully saturated rings. The van der Waals surface area contributed by atoms with Crippen LogP contribution in [0.25, 0.3) is 22.0 Å². The van der Waals surface area contributed by atoms with Gasteiger partial charge in [0, 0.05) is 11.9 Å². The Morgan fingerprint density at radius 3 is 2.82 bits per heavy atom. The van der Waals surface area contributed by atoms with E-state index in [1.54, 1.807) is 29.3 Å². The van der Waals surface area contributed by atoms with Gasteiger partial charge in [-0.05, 0) is 36.8 Å². The normalized spacial score (nSPS) is 19.7. The second-order valence-corrected chi connectivity index (χ2v) is 8.75. The summed E-state index contributed by atoms with van der Waals surface area (Å²) in [4.78, 5) is 35.2.